The molecule has 0 aliphatic rings. The fraction of sp³-hybridized carbons (Fsp3) is 0.0556. The van der Waals surface area contributed by atoms with Crippen LogP contribution in [0.4, 0.5) is 0 Å². The molecule has 41 heavy (non-hydrogen) atoms. The van der Waals surface area contributed by atoms with Crippen LogP contribution in [0.1, 0.15) is 16.7 Å². The third-order valence-corrected chi connectivity index (χ3v) is 7.64. The van der Waals surface area contributed by atoms with Crippen molar-refractivity contribution in [2.45, 2.75) is 5.54 Å². The third-order valence-electron chi connectivity index (χ3n) is 7.64. The molecule has 0 spiro atoms. The summed E-state index contributed by atoms with van der Waals surface area (Å²) in [4.78, 5) is 5.00. The van der Waals surface area contributed by atoms with Gasteiger partial charge in [0.2, 0.25) is 0 Å². The highest BCUT2D eigenvalue weighted by Crippen LogP contribution is 2.43. The van der Waals surface area contributed by atoms with Gasteiger partial charge in [0, 0.05) is 29.7 Å². The van der Waals surface area contributed by atoms with E-state index in [2.05, 4.69) is 120 Å². The molecule has 7 rings (SSSR count). The Morgan fingerprint density at radius 3 is 1.71 bits per heavy atom. The summed E-state index contributed by atoms with van der Waals surface area (Å²) in [5, 5.41) is 5.41. The number of pyridine rings is 1. The average Bonchev–Trinajstić information content (AvgIpc) is 3.68. The fourth-order valence-electron chi connectivity index (χ4n) is 5.69. The van der Waals surface area contributed by atoms with Crippen molar-refractivity contribution in [3.63, 3.8) is 0 Å². The van der Waals surface area contributed by atoms with Crippen molar-refractivity contribution in [1.82, 2.24) is 19.2 Å². The molecule has 4 aromatic carbocycles. The van der Waals surface area contributed by atoms with Crippen LogP contribution in [0.5, 0.6) is 5.75 Å². The van der Waals surface area contributed by atoms with Gasteiger partial charge in [-0.1, -0.05) is 97.1 Å². The minimum absolute atomic E-state index is 0.734. The number of nitrogens with zero attached hydrogens (tertiary/aromatic N) is 4. The highest BCUT2D eigenvalue weighted by atomic mass is 16.5. The molecule has 0 aliphatic carbocycles. The molecule has 0 atom stereocenters. The maximum absolute atomic E-state index is 5.45. The molecule has 7 aromatic rings. The van der Waals surface area contributed by atoms with Crippen molar-refractivity contribution in [1.29, 1.82) is 0 Å². The number of imidazole rings is 1. The summed E-state index contributed by atoms with van der Waals surface area (Å²) in [5.74, 6) is 0.801. The van der Waals surface area contributed by atoms with Crippen LogP contribution in [0.3, 0.4) is 0 Å². The molecule has 3 aromatic heterocycles. The zero-order valence-corrected chi connectivity index (χ0v) is 22.6. The first kappa shape index (κ1) is 24.6. The van der Waals surface area contributed by atoms with Crippen molar-refractivity contribution in [2.24, 2.45) is 0 Å². The van der Waals surface area contributed by atoms with Crippen LogP contribution in [0.2, 0.25) is 0 Å². The van der Waals surface area contributed by atoms with Gasteiger partial charge >= 0.3 is 0 Å². The Labute approximate surface area is 239 Å². The van der Waals surface area contributed by atoms with Crippen LogP contribution in [0, 0.1) is 0 Å². The number of methoxy groups -OCH3 is 1. The second-order valence-corrected chi connectivity index (χ2v) is 9.97. The van der Waals surface area contributed by atoms with E-state index in [0.29, 0.717) is 0 Å². The highest BCUT2D eigenvalue weighted by Gasteiger charge is 2.40. The number of ether oxygens (including phenoxy) is 1. The lowest BCUT2D eigenvalue weighted by atomic mass is 9.77. The highest BCUT2D eigenvalue weighted by molar-refractivity contribution is 5.80. The van der Waals surface area contributed by atoms with Gasteiger partial charge in [0.15, 0.2) is 0 Å². The summed E-state index contributed by atoms with van der Waals surface area (Å²) in [6.45, 7) is 0. The summed E-state index contributed by atoms with van der Waals surface area (Å²) in [6, 6.07) is 45.9. The standard InChI is InChI=1S/C36H28N4O/c1-41-31-22-20-27(21-23-31)35-32(33-26-39-24-12-11-19-34(39)37-33)25-40(38-35)36(28-13-5-2-6-14-28,29-15-7-3-8-16-29)30-17-9-4-10-18-30/h2-26H,1H3. The Morgan fingerprint density at radius 1 is 0.610 bits per heavy atom. The SMILES string of the molecule is COc1ccc(-c2nn(C(c3ccccc3)(c3ccccc3)c3ccccc3)cc2-c2cn3ccccc3n2)cc1. The van der Waals surface area contributed by atoms with E-state index in [1.165, 1.54) is 0 Å². The quantitative estimate of drug-likeness (QED) is 0.198. The molecule has 0 N–H and O–H groups in total. The van der Waals surface area contributed by atoms with Gasteiger partial charge in [0.05, 0.1) is 12.8 Å². The molecule has 0 fully saturated rings. The van der Waals surface area contributed by atoms with Crippen LogP contribution in [0.25, 0.3) is 28.2 Å². The Balaban J connectivity index is 1.56. The topological polar surface area (TPSA) is 44.4 Å². The van der Waals surface area contributed by atoms with Crippen molar-refractivity contribution >= 4 is 5.65 Å². The first-order valence-corrected chi connectivity index (χ1v) is 13.6. The maximum Gasteiger partial charge on any atom is 0.138 e. The van der Waals surface area contributed by atoms with Crippen molar-refractivity contribution in [2.75, 3.05) is 7.11 Å². The lowest BCUT2D eigenvalue weighted by Gasteiger charge is -2.36. The summed E-state index contributed by atoms with van der Waals surface area (Å²) in [7, 11) is 1.68. The average molecular weight is 533 g/mol. The van der Waals surface area contributed by atoms with E-state index in [0.717, 1.165) is 50.6 Å². The van der Waals surface area contributed by atoms with E-state index in [-0.39, 0.29) is 0 Å². The molecule has 0 aliphatic heterocycles. The molecule has 198 valence electrons. The van der Waals surface area contributed by atoms with E-state index in [4.69, 9.17) is 14.8 Å². The molecule has 0 bridgehead atoms. The number of fused-ring (bicyclic) bond motifs is 1. The number of aromatic nitrogens is 4. The van der Waals surface area contributed by atoms with Gasteiger partial charge in [-0.25, -0.2) is 4.98 Å². The van der Waals surface area contributed by atoms with Gasteiger partial charge in [-0.2, -0.15) is 5.10 Å². The Morgan fingerprint density at radius 2 is 1.17 bits per heavy atom. The Hall–Kier alpha value is -5.42. The van der Waals surface area contributed by atoms with Crippen LogP contribution in [-0.4, -0.2) is 26.3 Å². The van der Waals surface area contributed by atoms with E-state index >= 15 is 0 Å². The van der Waals surface area contributed by atoms with Gasteiger partial charge in [-0.05, 0) is 53.1 Å². The number of benzene rings is 4. The molecular weight excluding hydrogens is 504 g/mol. The minimum atomic E-state index is -0.734. The normalized spacial score (nSPS) is 11.5. The smallest absolute Gasteiger partial charge is 0.138 e. The molecular formula is C36H28N4O. The second-order valence-electron chi connectivity index (χ2n) is 9.97. The maximum atomic E-state index is 5.45. The minimum Gasteiger partial charge on any atom is -0.497 e. The largest absolute Gasteiger partial charge is 0.497 e. The van der Waals surface area contributed by atoms with Gasteiger partial charge in [0.25, 0.3) is 0 Å². The van der Waals surface area contributed by atoms with Gasteiger partial charge in [0.1, 0.15) is 22.6 Å². The second kappa shape index (κ2) is 10.3. The number of hydrogen-bond donors (Lipinski definition) is 0. The predicted molar refractivity (Wildman–Crippen MR) is 163 cm³/mol. The summed E-state index contributed by atoms with van der Waals surface area (Å²) >= 11 is 0. The van der Waals surface area contributed by atoms with E-state index in [9.17, 15) is 0 Å². The third kappa shape index (κ3) is 4.19. The molecule has 0 amide bonds. The molecule has 5 heteroatoms. The van der Waals surface area contributed by atoms with Crippen LogP contribution >= 0.6 is 0 Å². The Bertz CT molecular complexity index is 1780. The number of rotatable bonds is 7. The first-order valence-electron chi connectivity index (χ1n) is 13.6. The molecule has 0 radical (unpaired) electrons. The molecule has 0 unspecified atom stereocenters. The monoisotopic (exact) mass is 532 g/mol. The van der Waals surface area contributed by atoms with Crippen molar-refractivity contribution < 1.29 is 4.74 Å². The van der Waals surface area contributed by atoms with Gasteiger partial charge < -0.3 is 9.14 Å². The van der Waals surface area contributed by atoms with E-state index in [1.807, 2.05) is 40.9 Å². The van der Waals surface area contributed by atoms with Crippen LogP contribution < -0.4 is 4.74 Å². The number of hydrogen-bond acceptors (Lipinski definition) is 3. The summed E-state index contributed by atoms with van der Waals surface area (Å²) in [6.07, 6.45) is 6.23. The summed E-state index contributed by atoms with van der Waals surface area (Å²) < 4.78 is 9.61. The summed E-state index contributed by atoms with van der Waals surface area (Å²) in [5.41, 5.74) is 7.14. The lowest BCUT2D eigenvalue weighted by Crippen LogP contribution is -2.38. The molecule has 0 saturated heterocycles. The molecule has 5 nitrogen and oxygen atoms in total. The van der Waals surface area contributed by atoms with Gasteiger partial charge in [-0.15, -0.1) is 0 Å². The first-order chi connectivity index (χ1) is 20.3. The zero-order chi connectivity index (χ0) is 27.6. The van der Waals surface area contributed by atoms with Crippen molar-refractivity contribution in [3.8, 4) is 28.3 Å². The van der Waals surface area contributed by atoms with E-state index < -0.39 is 5.54 Å². The predicted octanol–water partition coefficient (Wildman–Crippen LogP) is 7.71. The zero-order valence-electron chi connectivity index (χ0n) is 22.6. The van der Waals surface area contributed by atoms with Gasteiger partial charge in [-0.3, -0.25) is 4.68 Å². The van der Waals surface area contributed by atoms with E-state index in [1.54, 1.807) is 7.11 Å². The molecule has 3 heterocycles. The van der Waals surface area contributed by atoms with Crippen LogP contribution in [-0.2, 0) is 5.54 Å². The fourth-order valence-corrected chi connectivity index (χ4v) is 5.69. The lowest BCUT2D eigenvalue weighted by molar-refractivity contribution is 0.415. The van der Waals surface area contributed by atoms with Crippen LogP contribution in [0.15, 0.2) is 152 Å². The Kier molecular flexibility index (Phi) is 6.17. The van der Waals surface area contributed by atoms with Crippen molar-refractivity contribution in [3.05, 3.63) is 169 Å². The molecule has 0 saturated carbocycles.